The van der Waals surface area contributed by atoms with Gasteiger partial charge in [0.05, 0.1) is 11.0 Å². The molecular weight excluding hydrogens is 339 g/mol. The molecule has 1 atom stereocenters. The van der Waals surface area contributed by atoms with Crippen LogP contribution in [-0.2, 0) is 27.0 Å². The predicted octanol–water partition coefficient (Wildman–Crippen LogP) is 2.51. The van der Waals surface area contributed by atoms with Crippen LogP contribution in [-0.4, -0.2) is 34.1 Å². The standard InChI is InChI=1S/C16H18F3N3O3/c1-3-10(2)20-13(23)9-25-14(24)8-22-12-7-5-4-6-11(12)21-15(22)16(17,18)19/h4-7,10H,3,8-9H2,1-2H3,(H,20,23). The van der Waals surface area contributed by atoms with Gasteiger partial charge in [0.2, 0.25) is 5.82 Å². The fraction of sp³-hybridized carbons (Fsp3) is 0.438. The minimum absolute atomic E-state index is 0.0828. The van der Waals surface area contributed by atoms with E-state index in [9.17, 15) is 22.8 Å². The number of amides is 1. The van der Waals surface area contributed by atoms with Crippen LogP contribution in [0, 0.1) is 0 Å². The van der Waals surface area contributed by atoms with E-state index in [4.69, 9.17) is 4.74 Å². The second-order valence-corrected chi connectivity index (χ2v) is 5.55. The number of para-hydroxylation sites is 2. The summed E-state index contributed by atoms with van der Waals surface area (Å²) in [6.07, 6.45) is -4.01. The molecule has 0 radical (unpaired) electrons. The van der Waals surface area contributed by atoms with Gasteiger partial charge in [-0.1, -0.05) is 19.1 Å². The van der Waals surface area contributed by atoms with Crippen LogP contribution < -0.4 is 5.32 Å². The monoisotopic (exact) mass is 357 g/mol. The lowest BCUT2D eigenvalue weighted by Crippen LogP contribution is -2.35. The van der Waals surface area contributed by atoms with Crippen molar-refractivity contribution >= 4 is 22.9 Å². The number of alkyl halides is 3. The number of carbonyl (C=O) groups is 2. The number of hydrogen-bond acceptors (Lipinski definition) is 4. The summed E-state index contributed by atoms with van der Waals surface area (Å²) in [4.78, 5) is 27.0. The van der Waals surface area contributed by atoms with Gasteiger partial charge in [0, 0.05) is 6.04 Å². The third-order valence-corrected chi connectivity index (χ3v) is 3.58. The highest BCUT2D eigenvalue weighted by Crippen LogP contribution is 2.31. The molecule has 0 fully saturated rings. The maximum absolute atomic E-state index is 13.1. The van der Waals surface area contributed by atoms with Crippen LogP contribution in [0.15, 0.2) is 24.3 Å². The topological polar surface area (TPSA) is 73.2 Å². The van der Waals surface area contributed by atoms with Gasteiger partial charge in [-0.05, 0) is 25.5 Å². The Balaban J connectivity index is 2.11. The maximum Gasteiger partial charge on any atom is 0.449 e. The number of nitrogens with one attached hydrogen (secondary N) is 1. The lowest BCUT2D eigenvalue weighted by atomic mass is 10.2. The molecule has 1 unspecified atom stereocenters. The molecule has 136 valence electrons. The normalized spacial score (nSPS) is 12.8. The predicted molar refractivity (Wildman–Crippen MR) is 83.6 cm³/mol. The number of imidazole rings is 1. The van der Waals surface area contributed by atoms with Gasteiger partial charge >= 0.3 is 12.1 Å². The zero-order valence-electron chi connectivity index (χ0n) is 13.8. The SMILES string of the molecule is CCC(C)NC(=O)COC(=O)Cn1c(C(F)(F)F)nc2ccccc21. The zero-order valence-corrected chi connectivity index (χ0v) is 13.8. The van der Waals surface area contributed by atoms with E-state index in [1.807, 2.05) is 6.92 Å². The van der Waals surface area contributed by atoms with Crippen molar-refractivity contribution in [2.75, 3.05) is 6.61 Å². The number of rotatable bonds is 6. The number of fused-ring (bicyclic) bond motifs is 1. The third-order valence-electron chi connectivity index (χ3n) is 3.58. The minimum Gasteiger partial charge on any atom is -0.454 e. The quantitative estimate of drug-likeness (QED) is 0.807. The lowest BCUT2D eigenvalue weighted by molar-refractivity contribution is -0.153. The van der Waals surface area contributed by atoms with Gasteiger partial charge in [-0.25, -0.2) is 4.98 Å². The number of nitrogens with zero attached hydrogens (tertiary/aromatic N) is 2. The summed E-state index contributed by atoms with van der Waals surface area (Å²) in [5.41, 5.74) is 0.285. The Labute approximate surface area is 142 Å². The van der Waals surface area contributed by atoms with Crippen LogP contribution in [0.2, 0.25) is 0 Å². The van der Waals surface area contributed by atoms with Gasteiger partial charge in [0.25, 0.3) is 5.91 Å². The number of halogens is 3. The van der Waals surface area contributed by atoms with Crippen molar-refractivity contribution in [3.63, 3.8) is 0 Å². The van der Waals surface area contributed by atoms with E-state index in [1.165, 1.54) is 12.1 Å². The number of esters is 1. The van der Waals surface area contributed by atoms with Crippen LogP contribution in [0.25, 0.3) is 11.0 Å². The summed E-state index contributed by atoms with van der Waals surface area (Å²) in [5.74, 6) is -2.64. The van der Waals surface area contributed by atoms with E-state index in [2.05, 4.69) is 10.3 Å². The highest BCUT2D eigenvalue weighted by atomic mass is 19.4. The molecule has 1 amide bonds. The first-order valence-corrected chi connectivity index (χ1v) is 7.69. The first-order chi connectivity index (χ1) is 11.7. The van der Waals surface area contributed by atoms with E-state index in [0.717, 1.165) is 4.57 Å². The largest absolute Gasteiger partial charge is 0.454 e. The zero-order chi connectivity index (χ0) is 18.6. The Morgan fingerprint density at radius 2 is 2.00 bits per heavy atom. The van der Waals surface area contributed by atoms with Crippen LogP contribution >= 0.6 is 0 Å². The molecule has 2 rings (SSSR count). The number of carbonyl (C=O) groups excluding carboxylic acids is 2. The van der Waals surface area contributed by atoms with Crippen LogP contribution in [0.4, 0.5) is 13.2 Å². The summed E-state index contributed by atoms with van der Waals surface area (Å²) < 4.78 is 44.9. The van der Waals surface area contributed by atoms with Gasteiger partial charge in [0.15, 0.2) is 6.61 Å². The molecule has 0 aliphatic carbocycles. The highest BCUT2D eigenvalue weighted by Gasteiger charge is 2.38. The minimum atomic E-state index is -4.72. The molecule has 2 aromatic rings. The molecule has 1 aromatic carbocycles. The Morgan fingerprint density at radius 1 is 1.32 bits per heavy atom. The summed E-state index contributed by atoms with van der Waals surface area (Å²) >= 11 is 0. The van der Waals surface area contributed by atoms with Gasteiger partial charge in [-0.2, -0.15) is 13.2 Å². The van der Waals surface area contributed by atoms with E-state index < -0.39 is 37.0 Å². The molecule has 6 nitrogen and oxygen atoms in total. The molecule has 0 aliphatic rings. The molecule has 1 heterocycles. The fourth-order valence-corrected chi connectivity index (χ4v) is 2.19. The average Bonchev–Trinajstić information content (AvgIpc) is 2.92. The van der Waals surface area contributed by atoms with Crippen LogP contribution in [0.3, 0.4) is 0 Å². The smallest absolute Gasteiger partial charge is 0.449 e. The molecule has 25 heavy (non-hydrogen) atoms. The molecule has 0 bridgehead atoms. The molecular formula is C16H18F3N3O3. The molecule has 0 saturated carbocycles. The molecule has 1 aromatic heterocycles. The maximum atomic E-state index is 13.1. The highest BCUT2D eigenvalue weighted by molar-refractivity contribution is 5.82. The average molecular weight is 357 g/mol. The molecule has 9 heteroatoms. The summed E-state index contributed by atoms with van der Waals surface area (Å²) in [6.45, 7) is 2.43. The number of hydrogen-bond donors (Lipinski definition) is 1. The first kappa shape index (κ1) is 18.8. The Hall–Kier alpha value is -2.58. The second kappa shape index (κ2) is 7.54. The number of aromatic nitrogens is 2. The number of benzene rings is 1. The lowest BCUT2D eigenvalue weighted by Gasteiger charge is -2.13. The number of ether oxygens (including phenoxy) is 1. The van der Waals surface area contributed by atoms with Gasteiger partial charge in [0.1, 0.15) is 6.54 Å². The Morgan fingerprint density at radius 3 is 2.64 bits per heavy atom. The van der Waals surface area contributed by atoms with Crippen molar-refractivity contribution in [1.29, 1.82) is 0 Å². The summed E-state index contributed by atoms with van der Waals surface area (Å²) in [7, 11) is 0. The second-order valence-electron chi connectivity index (χ2n) is 5.55. The van der Waals surface area contributed by atoms with Crippen molar-refractivity contribution in [2.45, 2.75) is 39.0 Å². The van der Waals surface area contributed by atoms with E-state index >= 15 is 0 Å². The molecule has 1 N–H and O–H groups in total. The van der Waals surface area contributed by atoms with Crippen molar-refractivity contribution in [1.82, 2.24) is 14.9 Å². The summed E-state index contributed by atoms with van der Waals surface area (Å²) in [6, 6.07) is 5.87. The van der Waals surface area contributed by atoms with Crippen LogP contribution in [0.5, 0.6) is 0 Å². The Kier molecular flexibility index (Phi) is 5.66. The van der Waals surface area contributed by atoms with Gasteiger partial charge < -0.3 is 14.6 Å². The van der Waals surface area contributed by atoms with Crippen molar-refractivity contribution < 1.29 is 27.5 Å². The molecule has 0 spiro atoms. The Bertz CT molecular complexity index is 771. The summed E-state index contributed by atoms with van der Waals surface area (Å²) in [5, 5.41) is 2.59. The van der Waals surface area contributed by atoms with E-state index in [0.29, 0.717) is 6.42 Å². The molecule has 0 aliphatic heterocycles. The van der Waals surface area contributed by atoms with Gasteiger partial charge in [-0.3, -0.25) is 9.59 Å². The third kappa shape index (κ3) is 4.71. The fourth-order valence-electron chi connectivity index (χ4n) is 2.19. The molecule has 0 saturated heterocycles. The van der Waals surface area contributed by atoms with Gasteiger partial charge in [-0.15, -0.1) is 0 Å². The van der Waals surface area contributed by atoms with E-state index in [1.54, 1.807) is 19.1 Å². The van der Waals surface area contributed by atoms with Crippen molar-refractivity contribution in [2.24, 2.45) is 0 Å². The van der Waals surface area contributed by atoms with E-state index in [-0.39, 0.29) is 17.1 Å². The van der Waals surface area contributed by atoms with Crippen LogP contribution in [0.1, 0.15) is 26.1 Å². The first-order valence-electron chi connectivity index (χ1n) is 7.69. The van der Waals surface area contributed by atoms with Crippen molar-refractivity contribution in [3.05, 3.63) is 30.1 Å². The van der Waals surface area contributed by atoms with Crippen molar-refractivity contribution in [3.8, 4) is 0 Å².